The third-order valence-electron chi connectivity index (χ3n) is 3.91. The van der Waals surface area contributed by atoms with E-state index in [9.17, 15) is 4.79 Å². The second kappa shape index (κ2) is 6.97. The molecule has 116 valence electrons. The molecule has 0 bridgehead atoms. The Kier molecular flexibility index (Phi) is 4.57. The molecule has 0 saturated heterocycles. The van der Waals surface area contributed by atoms with E-state index in [0.717, 1.165) is 6.42 Å². The summed E-state index contributed by atoms with van der Waals surface area (Å²) in [5, 5.41) is 2.48. The van der Waals surface area contributed by atoms with Gasteiger partial charge in [-0.3, -0.25) is 4.79 Å². The van der Waals surface area contributed by atoms with E-state index in [1.807, 2.05) is 25.2 Å². The molecule has 2 aromatic carbocycles. The number of carbonyl (C=O) groups excluding carboxylic acids is 1. The zero-order valence-corrected chi connectivity index (χ0v) is 13.1. The Morgan fingerprint density at radius 3 is 2.74 bits per heavy atom. The van der Waals surface area contributed by atoms with Crippen LogP contribution in [0.2, 0.25) is 0 Å². The summed E-state index contributed by atoms with van der Waals surface area (Å²) in [5.74, 6) is 0.655. The molecule has 3 heteroatoms. The van der Waals surface area contributed by atoms with Crippen LogP contribution in [0.25, 0.3) is 16.8 Å². The lowest BCUT2D eigenvalue weighted by molar-refractivity contribution is -0.124. The fourth-order valence-corrected chi connectivity index (χ4v) is 2.58. The maximum absolute atomic E-state index is 12.1. The monoisotopic (exact) mass is 305 g/mol. The first kappa shape index (κ1) is 15.1. The van der Waals surface area contributed by atoms with Crippen molar-refractivity contribution in [1.29, 1.82) is 0 Å². The molecule has 0 unspecified atom stereocenters. The molecule has 1 heterocycles. The number of hydrogen-bond acceptors (Lipinski definition) is 2. The van der Waals surface area contributed by atoms with Crippen LogP contribution in [0.3, 0.4) is 0 Å². The Morgan fingerprint density at radius 1 is 1.09 bits per heavy atom. The topological polar surface area (TPSA) is 33.5 Å². The summed E-state index contributed by atoms with van der Waals surface area (Å²) in [4.78, 5) is 13.8. The highest BCUT2D eigenvalue weighted by atomic mass is 16.3. The van der Waals surface area contributed by atoms with Crippen molar-refractivity contribution in [2.45, 2.75) is 6.42 Å². The van der Waals surface area contributed by atoms with E-state index in [1.165, 1.54) is 16.3 Å². The molecular formula is C20H19NO2. The summed E-state index contributed by atoms with van der Waals surface area (Å²) < 4.78 is 5.18. The lowest BCUT2D eigenvalue weighted by atomic mass is 10.0. The Bertz CT molecular complexity index is 813. The van der Waals surface area contributed by atoms with E-state index in [4.69, 9.17) is 4.42 Å². The Morgan fingerprint density at radius 2 is 1.91 bits per heavy atom. The Hall–Kier alpha value is -2.81. The van der Waals surface area contributed by atoms with Crippen molar-refractivity contribution in [3.8, 4) is 0 Å². The summed E-state index contributed by atoms with van der Waals surface area (Å²) >= 11 is 0. The van der Waals surface area contributed by atoms with E-state index >= 15 is 0 Å². The third kappa shape index (κ3) is 3.69. The van der Waals surface area contributed by atoms with E-state index in [2.05, 4.69) is 30.3 Å². The molecule has 3 nitrogen and oxygen atoms in total. The first-order valence-electron chi connectivity index (χ1n) is 7.67. The van der Waals surface area contributed by atoms with Gasteiger partial charge in [0.05, 0.1) is 6.26 Å². The number of fused-ring (bicyclic) bond motifs is 1. The van der Waals surface area contributed by atoms with Crippen molar-refractivity contribution in [1.82, 2.24) is 4.90 Å². The van der Waals surface area contributed by atoms with Gasteiger partial charge in [-0.05, 0) is 41.0 Å². The van der Waals surface area contributed by atoms with Crippen LogP contribution in [0.4, 0.5) is 0 Å². The largest absolute Gasteiger partial charge is 0.465 e. The van der Waals surface area contributed by atoms with Crippen LogP contribution in [-0.4, -0.2) is 24.4 Å². The number of amides is 1. The molecule has 1 amide bonds. The van der Waals surface area contributed by atoms with Gasteiger partial charge in [-0.1, -0.05) is 42.5 Å². The van der Waals surface area contributed by atoms with Gasteiger partial charge in [0.25, 0.3) is 0 Å². The van der Waals surface area contributed by atoms with Crippen molar-refractivity contribution in [3.63, 3.8) is 0 Å². The van der Waals surface area contributed by atoms with Gasteiger partial charge >= 0.3 is 0 Å². The molecule has 0 saturated carbocycles. The molecule has 0 aliphatic heterocycles. The smallest absolute Gasteiger partial charge is 0.246 e. The minimum atomic E-state index is -0.0263. The van der Waals surface area contributed by atoms with Crippen LogP contribution in [0, 0.1) is 0 Å². The lowest BCUT2D eigenvalue weighted by Crippen LogP contribution is -2.27. The molecule has 3 rings (SSSR count). The first-order chi connectivity index (χ1) is 11.2. The Balaban J connectivity index is 1.64. The highest BCUT2D eigenvalue weighted by Crippen LogP contribution is 2.19. The van der Waals surface area contributed by atoms with Gasteiger partial charge in [0.15, 0.2) is 0 Å². The minimum Gasteiger partial charge on any atom is -0.465 e. The molecular weight excluding hydrogens is 286 g/mol. The van der Waals surface area contributed by atoms with Gasteiger partial charge in [-0.2, -0.15) is 0 Å². The number of likely N-dealkylation sites (N-methyl/N-ethyl adjacent to an activating group) is 1. The fraction of sp³-hybridized carbons (Fsp3) is 0.150. The number of carbonyl (C=O) groups is 1. The second-order valence-electron chi connectivity index (χ2n) is 5.50. The standard InChI is InChI=1S/C20H19NO2/c1-21(20(22)12-11-18-9-5-15-23-18)14-13-17-8-4-7-16-6-2-3-10-19(16)17/h2-12,15H,13-14H2,1H3. The average molecular weight is 305 g/mol. The minimum absolute atomic E-state index is 0.0263. The van der Waals surface area contributed by atoms with Crippen molar-refractivity contribution in [3.05, 3.63) is 78.3 Å². The first-order valence-corrected chi connectivity index (χ1v) is 7.67. The van der Waals surface area contributed by atoms with Crippen molar-refractivity contribution >= 4 is 22.8 Å². The average Bonchev–Trinajstić information content (AvgIpc) is 3.11. The predicted molar refractivity (Wildman–Crippen MR) is 93.0 cm³/mol. The van der Waals surface area contributed by atoms with Crippen LogP contribution in [0.5, 0.6) is 0 Å². The van der Waals surface area contributed by atoms with Gasteiger partial charge in [0.2, 0.25) is 5.91 Å². The number of hydrogen-bond donors (Lipinski definition) is 0. The van der Waals surface area contributed by atoms with E-state index < -0.39 is 0 Å². The number of furan rings is 1. The number of rotatable bonds is 5. The molecule has 23 heavy (non-hydrogen) atoms. The third-order valence-corrected chi connectivity index (χ3v) is 3.91. The van der Waals surface area contributed by atoms with Crippen LogP contribution in [-0.2, 0) is 11.2 Å². The quantitative estimate of drug-likeness (QED) is 0.664. The molecule has 0 aliphatic rings. The van der Waals surface area contributed by atoms with Crippen LogP contribution in [0.1, 0.15) is 11.3 Å². The lowest BCUT2D eigenvalue weighted by Gasteiger charge is -2.15. The molecule has 0 atom stereocenters. The van der Waals surface area contributed by atoms with Crippen molar-refractivity contribution in [2.24, 2.45) is 0 Å². The van der Waals surface area contributed by atoms with Gasteiger partial charge in [0.1, 0.15) is 5.76 Å². The fourth-order valence-electron chi connectivity index (χ4n) is 2.58. The maximum atomic E-state index is 12.1. The maximum Gasteiger partial charge on any atom is 0.246 e. The zero-order chi connectivity index (χ0) is 16.1. The van der Waals surface area contributed by atoms with Crippen molar-refractivity contribution in [2.75, 3.05) is 13.6 Å². The van der Waals surface area contributed by atoms with Gasteiger partial charge in [0, 0.05) is 19.7 Å². The molecule has 0 spiro atoms. The summed E-state index contributed by atoms with van der Waals surface area (Å²) in [6.07, 6.45) is 5.66. The summed E-state index contributed by atoms with van der Waals surface area (Å²) in [6, 6.07) is 18.3. The molecule has 3 aromatic rings. The molecule has 0 N–H and O–H groups in total. The molecule has 0 radical (unpaired) electrons. The highest BCUT2D eigenvalue weighted by Gasteiger charge is 2.07. The van der Waals surface area contributed by atoms with Gasteiger partial charge in [-0.25, -0.2) is 0 Å². The second-order valence-corrected chi connectivity index (χ2v) is 5.50. The normalized spacial score (nSPS) is 11.2. The Labute approximate surface area is 135 Å². The van der Waals surface area contributed by atoms with E-state index in [0.29, 0.717) is 12.3 Å². The molecule has 0 fully saturated rings. The molecule has 0 aliphatic carbocycles. The van der Waals surface area contributed by atoms with Crippen LogP contribution >= 0.6 is 0 Å². The summed E-state index contributed by atoms with van der Waals surface area (Å²) in [7, 11) is 1.82. The predicted octanol–water partition coefficient (Wildman–Crippen LogP) is 4.15. The van der Waals surface area contributed by atoms with E-state index in [-0.39, 0.29) is 5.91 Å². The zero-order valence-electron chi connectivity index (χ0n) is 13.1. The SMILES string of the molecule is CN(CCc1cccc2ccccc12)C(=O)C=Cc1ccco1. The van der Waals surface area contributed by atoms with Crippen LogP contribution in [0.15, 0.2) is 71.4 Å². The van der Waals surface area contributed by atoms with Crippen LogP contribution < -0.4 is 0 Å². The summed E-state index contributed by atoms with van der Waals surface area (Å²) in [6.45, 7) is 0.676. The number of nitrogens with zero attached hydrogens (tertiary/aromatic N) is 1. The van der Waals surface area contributed by atoms with Crippen molar-refractivity contribution < 1.29 is 9.21 Å². The number of benzene rings is 2. The summed E-state index contributed by atoms with van der Waals surface area (Å²) in [5.41, 5.74) is 1.26. The van der Waals surface area contributed by atoms with Gasteiger partial charge in [-0.15, -0.1) is 0 Å². The highest BCUT2D eigenvalue weighted by molar-refractivity contribution is 5.91. The molecule has 1 aromatic heterocycles. The van der Waals surface area contributed by atoms with Gasteiger partial charge < -0.3 is 9.32 Å². The van der Waals surface area contributed by atoms with E-state index in [1.54, 1.807) is 29.4 Å².